The zero-order chi connectivity index (χ0) is 13.8. The van der Waals surface area contributed by atoms with E-state index < -0.39 is 11.5 Å². The number of hydrogen-bond acceptors (Lipinski definition) is 5. The number of nitrogens with one attached hydrogen (secondary N) is 1. The topological polar surface area (TPSA) is 103 Å². The van der Waals surface area contributed by atoms with Crippen LogP contribution in [0.2, 0.25) is 0 Å². The predicted molar refractivity (Wildman–Crippen MR) is 66.7 cm³/mol. The van der Waals surface area contributed by atoms with Crippen LogP contribution in [0.25, 0.3) is 0 Å². The summed E-state index contributed by atoms with van der Waals surface area (Å²) in [5.74, 6) is -0.946. The van der Waals surface area contributed by atoms with Crippen LogP contribution in [0.15, 0.2) is 12.1 Å². The third-order valence-corrected chi connectivity index (χ3v) is 2.93. The Morgan fingerprint density at radius 2 is 2.00 bits per heavy atom. The number of aliphatic hydroxyl groups excluding tert-OH is 2. The number of aryl methyl sites for hydroxylation is 1. The number of anilines is 1. The van der Waals surface area contributed by atoms with Crippen molar-refractivity contribution in [2.45, 2.75) is 25.8 Å². The Balaban J connectivity index is 3.16. The van der Waals surface area contributed by atoms with Crippen molar-refractivity contribution in [1.82, 2.24) is 4.98 Å². The normalized spacial score (nSPS) is 11.3. The van der Waals surface area contributed by atoms with Crippen molar-refractivity contribution in [1.29, 1.82) is 0 Å². The highest BCUT2D eigenvalue weighted by molar-refractivity contribution is 5.93. The Bertz CT molecular complexity index is 422. The maximum Gasteiger partial charge on any atom is 0.339 e. The molecule has 0 aliphatic heterocycles. The van der Waals surface area contributed by atoms with E-state index in [2.05, 4.69) is 10.3 Å². The van der Waals surface area contributed by atoms with Gasteiger partial charge in [0.05, 0.1) is 18.8 Å². The van der Waals surface area contributed by atoms with Gasteiger partial charge in [0.15, 0.2) is 0 Å². The third kappa shape index (κ3) is 2.96. The number of aliphatic hydroxyl groups is 2. The highest BCUT2D eigenvalue weighted by Crippen LogP contribution is 2.21. The zero-order valence-corrected chi connectivity index (χ0v) is 10.5. The van der Waals surface area contributed by atoms with Crippen molar-refractivity contribution in [2.75, 3.05) is 18.5 Å². The number of carbonyl (C=O) groups is 1. The maximum absolute atomic E-state index is 11.1. The fourth-order valence-corrected chi connectivity index (χ4v) is 1.52. The van der Waals surface area contributed by atoms with E-state index in [-0.39, 0.29) is 24.6 Å². The Kier molecular flexibility index (Phi) is 4.63. The highest BCUT2D eigenvalue weighted by atomic mass is 16.4. The van der Waals surface area contributed by atoms with Crippen molar-refractivity contribution >= 4 is 11.8 Å². The van der Waals surface area contributed by atoms with Crippen LogP contribution in [0.4, 0.5) is 5.82 Å². The second-order valence-corrected chi connectivity index (χ2v) is 4.23. The molecular weight excluding hydrogens is 236 g/mol. The maximum atomic E-state index is 11.1. The van der Waals surface area contributed by atoms with Crippen molar-refractivity contribution in [3.8, 4) is 0 Å². The smallest absolute Gasteiger partial charge is 0.339 e. The molecule has 0 saturated carbocycles. The molecule has 1 aromatic heterocycles. The van der Waals surface area contributed by atoms with E-state index in [1.807, 2.05) is 0 Å². The molecule has 0 unspecified atom stereocenters. The first-order valence-corrected chi connectivity index (χ1v) is 5.69. The number of hydrogen-bond donors (Lipinski definition) is 4. The van der Waals surface area contributed by atoms with E-state index in [0.29, 0.717) is 12.1 Å². The zero-order valence-electron chi connectivity index (χ0n) is 10.5. The number of rotatable bonds is 6. The van der Waals surface area contributed by atoms with E-state index in [1.54, 1.807) is 19.9 Å². The molecule has 6 nitrogen and oxygen atoms in total. The van der Waals surface area contributed by atoms with Gasteiger partial charge in [-0.25, -0.2) is 9.78 Å². The van der Waals surface area contributed by atoms with Crippen LogP contribution in [0.1, 0.15) is 29.4 Å². The van der Waals surface area contributed by atoms with Gasteiger partial charge in [0.25, 0.3) is 0 Å². The fraction of sp³-hybridized carbons (Fsp3) is 0.500. The van der Waals surface area contributed by atoms with E-state index in [0.717, 1.165) is 0 Å². The molecule has 0 spiro atoms. The molecule has 4 N–H and O–H groups in total. The van der Waals surface area contributed by atoms with E-state index in [4.69, 9.17) is 5.11 Å². The van der Waals surface area contributed by atoms with Crippen LogP contribution in [0.5, 0.6) is 0 Å². The summed E-state index contributed by atoms with van der Waals surface area (Å²) in [5, 5.41) is 30.6. The monoisotopic (exact) mass is 254 g/mol. The van der Waals surface area contributed by atoms with Crippen LogP contribution in [0.3, 0.4) is 0 Å². The first kappa shape index (κ1) is 14.4. The minimum absolute atomic E-state index is 0.0142. The molecule has 1 heterocycles. The van der Waals surface area contributed by atoms with Gasteiger partial charge in [-0.3, -0.25) is 0 Å². The lowest BCUT2D eigenvalue weighted by Crippen LogP contribution is -2.45. The molecule has 6 heteroatoms. The van der Waals surface area contributed by atoms with Gasteiger partial charge in [0.1, 0.15) is 11.4 Å². The molecule has 0 saturated heterocycles. The Labute approximate surface area is 105 Å². The van der Waals surface area contributed by atoms with Crippen molar-refractivity contribution in [2.24, 2.45) is 0 Å². The highest BCUT2D eigenvalue weighted by Gasteiger charge is 2.28. The molecule has 0 bridgehead atoms. The standard InChI is InChI=1S/C12H18N2O4/c1-3-12(6-15,7-16)14-10-9(11(17)18)5-4-8(2)13-10/h4-5,15-16H,3,6-7H2,1-2H3,(H,13,14)(H,17,18). The van der Waals surface area contributed by atoms with Gasteiger partial charge < -0.3 is 20.6 Å². The lowest BCUT2D eigenvalue weighted by atomic mass is 9.98. The lowest BCUT2D eigenvalue weighted by Gasteiger charge is -2.30. The summed E-state index contributed by atoms with van der Waals surface area (Å²) in [6.07, 6.45) is 0.439. The average molecular weight is 254 g/mol. The van der Waals surface area contributed by atoms with Crippen molar-refractivity contribution < 1.29 is 20.1 Å². The second kappa shape index (κ2) is 5.79. The fourth-order valence-electron chi connectivity index (χ4n) is 1.52. The summed E-state index contributed by atoms with van der Waals surface area (Å²) in [5.41, 5.74) is -0.297. The quantitative estimate of drug-likeness (QED) is 0.594. The first-order chi connectivity index (χ1) is 8.48. The molecule has 0 aliphatic carbocycles. The molecule has 1 aromatic rings. The largest absolute Gasteiger partial charge is 0.478 e. The SMILES string of the molecule is CCC(CO)(CO)Nc1nc(C)ccc1C(=O)O. The van der Waals surface area contributed by atoms with Crippen LogP contribution < -0.4 is 5.32 Å². The Morgan fingerprint density at radius 3 is 2.44 bits per heavy atom. The van der Waals surface area contributed by atoms with Gasteiger partial charge in [-0.1, -0.05) is 6.92 Å². The van der Waals surface area contributed by atoms with Gasteiger partial charge in [-0.2, -0.15) is 0 Å². The van der Waals surface area contributed by atoms with Gasteiger partial charge in [-0.05, 0) is 25.5 Å². The van der Waals surface area contributed by atoms with Gasteiger partial charge in [0, 0.05) is 5.69 Å². The van der Waals surface area contributed by atoms with E-state index in [1.165, 1.54) is 6.07 Å². The van der Waals surface area contributed by atoms with E-state index in [9.17, 15) is 15.0 Å². The molecule has 0 fully saturated rings. The van der Waals surface area contributed by atoms with Gasteiger partial charge >= 0.3 is 5.97 Å². The summed E-state index contributed by atoms with van der Waals surface area (Å²) in [6.45, 7) is 2.90. The molecule has 1 rings (SSSR count). The molecule has 18 heavy (non-hydrogen) atoms. The van der Waals surface area contributed by atoms with Crippen molar-refractivity contribution in [3.63, 3.8) is 0 Å². The molecule has 0 aromatic carbocycles. The van der Waals surface area contributed by atoms with E-state index >= 15 is 0 Å². The number of aromatic nitrogens is 1. The average Bonchev–Trinajstić information content (AvgIpc) is 2.36. The lowest BCUT2D eigenvalue weighted by molar-refractivity contribution is 0.0696. The first-order valence-electron chi connectivity index (χ1n) is 5.69. The minimum atomic E-state index is -1.11. The van der Waals surface area contributed by atoms with Crippen LogP contribution in [-0.4, -0.2) is 45.0 Å². The molecule has 0 amide bonds. The summed E-state index contributed by atoms with van der Waals surface area (Å²) in [6, 6.07) is 3.04. The van der Waals surface area contributed by atoms with Crippen molar-refractivity contribution in [3.05, 3.63) is 23.4 Å². The second-order valence-electron chi connectivity index (χ2n) is 4.23. The Hall–Kier alpha value is -1.66. The number of carboxylic acid groups (broad SMARTS) is 1. The molecule has 0 aliphatic rings. The molecule has 0 radical (unpaired) electrons. The summed E-state index contributed by atoms with van der Waals surface area (Å²) in [4.78, 5) is 15.2. The predicted octanol–water partition coefficient (Wildman–Crippen LogP) is 0.634. The van der Waals surface area contributed by atoms with Crippen LogP contribution in [-0.2, 0) is 0 Å². The Morgan fingerprint density at radius 1 is 1.39 bits per heavy atom. The number of pyridine rings is 1. The summed E-state index contributed by atoms with van der Waals surface area (Å²) in [7, 11) is 0. The van der Waals surface area contributed by atoms with Crippen LogP contribution >= 0.6 is 0 Å². The number of nitrogens with zero attached hydrogens (tertiary/aromatic N) is 1. The molecular formula is C12H18N2O4. The van der Waals surface area contributed by atoms with Gasteiger partial charge in [-0.15, -0.1) is 0 Å². The van der Waals surface area contributed by atoms with Gasteiger partial charge in [0.2, 0.25) is 0 Å². The molecule has 100 valence electrons. The minimum Gasteiger partial charge on any atom is -0.478 e. The van der Waals surface area contributed by atoms with Crippen LogP contribution in [0, 0.1) is 6.92 Å². The summed E-state index contributed by atoms with van der Waals surface area (Å²) < 4.78 is 0. The number of carboxylic acids is 1. The summed E-state index contributed by atoms with van der Waals surface area (Å²) >= 11 is 0. The number of aromatic carboxylic acids is 1. The third-order valence-electron chi connectivity index (χ3n) is 2.93. The molecule has 0 atom stereocenters.